The van der Waals surface area contributed by atoms with Gasteiger partial charge in [-0.2, -0.15) is 14.6 Å². The van der Waals surface area contributed by atoms with E-state index in [1.807, 2.05) is 0 Å². The van der Waals surface area contributed by atoms with Crippen LogP contribution in [-0.4, -0.2) is 32.7 Å². The summed E-state index contributed by atoms with van der Waals surface area (Å²) in [6.45, 7) is 0. The van der Waals surface area contributed by atoms with Gasteiger partial charge in [-0.1, -0.05) is 0 Å². The van der Waals surface area contributed by atoms with Crippen molar-refractivity contribution in [1.29, 1.82) is 0 Å². The van der Waals surface area contributed by atoms with Crippen molar-refractivity contribution in [2.24, 2.45) is 0 Å². The Morgan fingerprint density at radius 1 is 1.60 bits per heavy atom. The summed E-state index contributed by atoms with van der Waals surface area (Å²) in [5.74, 6) is -0.660. The normalized spacial score (nSPS) is 10.5. The second kappa shape index (κ2) is 3.46. The first-order chi connectivity index (χ1) is 7.13. The van der Waals surface area contributed by atoms with Gasteiger partial charge in [-0.25, -0.2) is 9.78 Å². The van der Waals surface area contributed by atoms with Crippen molar-refractivity contribution in [3.63, 3.8) is 0 Å². The molecule has 0 aliphatic rings. The lowest BCUT2D eigenvalue weighted by molar-refractivity contribution is 0.0587. The third-order valence-corrected chi connectivity index (χ3v) is 2.28. The van der Waals surface area contributed by atoms with Crippen molar-refractivity contribution in [2.75, 3.05) is 12.8 Å². The molecule has 0 aromatic carbocycles. The van der Waals surface area contributed by atoms with Crippen LogP contribution in [0.4, 0.5) is 5.95 Å². The number of carbonyl (C=O) groups is 1. The first-order valence-electron chi connectivity index (χ1n) is 3.88. The summed E-state index contributed by atoms with van der Waals surface area (Å²) in [7, 11) is 1.25. The Labute approximate surface area is 92.4 Å². The average Bonchev–Trinajstić information content (AvgIpc) is 2.60. The fraction of sp³-hybridized carbons (Fsp3) is 0.143. The molecule has 0 amide bonds. The molecule has 0 radical (unpaired) electrons. The zero-order valence-electron chi connectivity index (χ0n) is 7.64. The molecule has 2 N–H and O–H groups in total. The van der Waals surface area contributed by atoms with Gasteiger partial charge in [0, 0.05) is 0 Å². The number of hydrogen-bond donors (Lipinski definition) is 1. The summed E-state index contributed by atoms with van der Waals surface area (Å²) in [6, 6.07) is 0. The molecule has 78 valence electrons. The minimum Gasteiger partial charge on any atom is -0.463 e. The van der Waals surface area contributed by atoms with Crippen molar-refractivity contribution in [2.45, 2.75) is 0 Å². The predicted molar refractivity (Wildman–Crippen MR) is 54.2 cm³/mol. The SMILES string of the molecule is COC(=O)c1nc(N)n2ncc(Br)c2n1. The van der Waals surface area contributed by atoms with Gasteiger partial charge in [0.1, 0.15) is 0 Å². The number of nitrogens with two attached hydrogens (primary N) is 1. The fourth-order valence-electron chi connectivity index (χ4n) is 1.05. The van der Waals surface area contributed by atoms with E-state index in [1.165, 1.54) is 17.8 Å². The van der Waals surface area contributed by atoms with Crippen LogP contribution in [0, 0.1) is 0 Å². The van der Waals surface area contributed by atoms with Crippen LogP contribution >= 0.6 is 15.9 Å². The van der Waals surface area contributed by atoms with Gasteiger partial charge in [0.15, 0.2) is 5.65 Å². The van der Waals surface area contributed by atoms with E-state index < -0.39 is 5.97 Å². The highest BCUT2D eigenvalue weighted by Crippen LogP contribution is 2.16. The third kappa shape index (κ3) is 1.52. The maximum atomic E-state index is 11.2. The number of hydrogen-bond acceptors (Lipinski definition) is 6. The molecular weight excluding hydrogens is 266 g/mol. The lowest BCUT2D eigenvalue weighted by Gasteiger charge is -2.01. The quantitative estimate of drug-likeness (QED) is 0.748. The smallest absolute Gasteiger partial charge is 0.376 e. The second-order valence-electron chi connectivity index (χ2n) is 2.62. The van der Waals surface area contributed by atoms with Crippen LogP contribution in [0.25, 0.3) is 5.65 Å². The lowest BCUT2D eigenvalue weighted by atomic mass is 10.6. The van der Waals surface area contributed by atoms with Crippen LogP contribution in [-0.2, 0) is 4.74 Å². The summed E-state index contributed by atoms with van der Waals surface area (Å²) >= 11 is 3.22. The zero-order valence-corrected chi connectivity index (χ0v) is 9.22. The number of esters is 1. The largest absolute Gasteiger partial charge is 0.463 e. The van der Waals surface area contributed by atoms with E-state index in [-0.39, 0.29) is 11.8 Å². The number of nitrogen functional groups attached to an aromatic ring is 1. The molecule has 2 rings (SSSR count). The van der Waals surface area contributed by atoms with Gasteiger partial charge >= 0.3 is 5.97 Å². The Morgan fingerprint density at radius 2 is 2.33 bits per heavy atom. The standard InChI is InChI=1S/C7H6BrN5O2/c1-15-6(14)4-11-5-3(8)2-10-13(5)7(9)12-4/h2H,1H3,(H2,9,11,12). The van der Waals surface area contributed by atoms with Gasteiger partial charge in [-0.3, -0.25) is 0 Å². The molecule has 0 saturated carbocycles. The molecule has 7 nitrogen and oxygen atoms in total. The number of fused-ring (bicyclic) bond motifs is 1. The average molecular weight is 272 g/mol. The van der Waals surface area contributed by atoms with Crippen LogP contribution in [0.3, 0.4) is 0 Å². The van der Waals surface area contributed by atoms with Crippen LogP contribution in [0.5, 0.6) is 0 Å². The molecule has 0 aliphatic carbocycles. The molecule has 0 unspecified atom stereocenters. The highest BCUT2D eigenvalue weighted by atomic mass is 79.9. The van der Waals surface area contributed by atoms with Crippen LogP contribution in [0.15, 0.2) is 10.7 Å². The first-order valence-corrected chi connectivity index (χ1v) is 4.68. The monoisotopic (exact) mass is 271 g/mol. The minimum atomic E-state index is -0.641. The number of ether oxygens (including phenoxy) is 1. The molecule has 0 bridgehead atoms. The van der Waals surface area contributed by atoms with Crippen LogP contribution < -0.4 is 5.73 Å². The fourth-order valence-corrected chi connectivity index (χ4v) is 1.40. The summed E-state index contributed by atoms with van der Waals surface area (Å²) < 4.78 is 6.43. The summed E-state index contributed by atoms with van der Waals surface area (Å²) in [5.41, 5.74) is 6.00. The Morgan fingerprint density at radius 3 is 3.00 bits per heavy atom. The predicted octanol–water partition coefficient (Wildman–Crippen LogP) is 0.256. The number of anilines is 1. The third-order valence-electron chi connectivity index (χ3n) is 1.72. The number of aromatic nitrogens is 4. The number of methoxy groups -OCH3 is 1. The van der Waals surface area contributed by atoms with E-state index >= 15 is 0 Å². The second-order valence-corrected chi connectivity index (χ2v) is 3.48. The molecule has 2 aromatic rings. The van der Waals surface area contributed by atoms with E-state index in [2.05, 4.69) is 35.7 Å². The van der Waals surface area contributed by atoms with Crippen LogP contribution in [0.2, 0.25) is 0 Å². The molecular formula is C7H6BrN5O2. The first kappa shape index (κ1) is 9.84. The van der Waals surface area contributed by atoms with Crippen LogP contribution in [0.1, 0.15) is 10.6 Å². The van der Waals surface area contributed by atoms with Gasteiger partial charge in [0.25, 0.3) is 0 Å². The van der Waals surface area contributed by atoms with Crippen molar-refractivity contribution in [3.8, 4) is 0 Å². The lowest BCUT2D eigenvalue weighted by Crippen LogP contribution is -2.13. The Kier molecular flexibility index (Phi) is 2.27. The summed E-state index contributed by atoms with van der Waals surface area (Å²) in [6.07, 6.45) is 1.52. The number of halogens is 1. The highest BCUT2D eigenvalue weighted by molar-refractivity contribution is 9.10. The van der Waals surface area contributed by atoms with Gasteiger partial charge in [0.05, 0.1) is 17.8 Å². The molecule has 2 aromatic heterocycles. The topological polar surface area (TPSA) is 95.4 Å². The van der Waals surface area contributed by atoms with E-state index in [0.717, 1.165) is 0 Å². The Balaban J connectivity index is 2.70. The highest BCUT2D eigenvalue weighted by Gasteiger charge is 2.15. The van der Waals surface area contributed by atoms with E-state index in [0.29, 0.717) is 10.1 Å². The molecule has 0 saturated heterocycles. The summed E-state index contributed by atoms with van der Waals surface area (Å²) in [4.78, 5) is 18.9. The molecule has 15 heavy (non-hydrogen) atoms. The van der Waals surface area contributed by atoms with E-state index in [1.54, 1.807) is 0 Å². The van der Waals surface area contributed by atoms with Gasteiger partial charge < -0.3 is 10.5 Å². The van der Waals surface area contributed by atoms with Crippen molar-refractivity contribution in [3.05, 3.63) is 16.5 Å². The van der Waals surface area contributed by atoms with Gasteiger partial charge in [0.2, 0.25) is 11.8 Å². The maximum Gasteiger partial charge on any atom is 0.376 e. The van der Waals surface area contributed by atoms with Crippen molar-refractivity contribution >= 4 is 33.5 Å². The molecule has 0 aliphatic heterocycles. The van der Waals surface area contributed by atoms with E-state index in [4.69, 9.17) is 5.73 Å². The Hall–Kier alpha value is -1.70. The van der Waals surface area contributed by atoms with Gasteiger partial charge in [-0.05, 0) is 15.9 Å². The Bertz CT molecular complexity index is 537. The molecule has 0 atom stereocenters. The molecule has 2 heterocycles. The van der Waals surface area contributed by atoms with Gasteiger partial charge in [-0.15, -0.1) is 0 Å². The number of carbonyl (C=O) groups excluding carboxylic acids is 1. The molecule has 8 heteroatoms. The number of rotatable bonds is 1. The molecule has 0 fully saturated rings. The summed E-state index contributed by atoms with van der Waals surface area (Å²) in [5, 5.41) is 3.91. The minimum absolute atomic E-state index is 0.0751. The zero-order chi connectivity index (χ0) is 11.0. The maximum absolute atomic E-state index is 11.2. The van der Waals surface area contributed by atoms with Crippen molar-refractivity contribution in [1.82, 2.24) is 19.6 Å². The van der Waals surface area contributed by atoms with Crippen molar-refractivity contribution < 1.29 is 9.53 Å². The molecule has 0 spiro atoms. The van der Waals surface area contributed by atoms with E-state index in [9.17, 15) is 4.79 Å². The number of nitrogens with zero attached hydrogens (tertiary/aromatic N) is 4.